The van der Waals surface area contributed by atoms with Gasteiger partial charge in [-0.2, -0.15) is 13.2 Å². The van der Waals surface area contributed by atoms with Crippen LogP contribution < -0.4 is 4.72 Å². The van der Waals surface area contributed by atoms with Crippen LogP contribution in [0.3, 0.4) is 0 Å². The van der Waals surface area contributed by atoms with E-state index in [-0.39, 0.29) is 28.6 Å². The Balaban J connectivity index is 1.70. The lowest BCUT2D eigenvalue weighted by molar-refractivity contribution is -0.137. The van der Waals surface area contributed by atoms with E-state index in [0.29, 0.717) is 25.9 Å². The number of nitrogens with zero attached hydrogens (tertiary/aromatic N) is 2. The highest BCUT2D eigenvalue weighted by Gasteiger charge is 2.41. The Hall–Kier alpha value is -2.64. The third kappa shape index (κ3) is 4.84. The summed E-state index contributed by atoms with van der Waals surface area (Å²) in [5.41, 5.74) is -2.48. The fourth-order valence-electron chi connectivity index (χ4n) is 4.78. The first-order valence-electron chi connectivity index (χ1n) is 11.4. The van der Waals surface area contributed by atoms with Gasteiger partial charge in [0.2, 0.25) is 10.0 Å². The van der Waals surface area contributed by atoms with Crippen LogP contribution in [0.25, 0.3) is 22.0 Å². The van der Waals surface area contributed by atoms with Crippen LogP contribution in [0.15, 0.2) is 36.5 Å². The topological polar surface area (TPSA) is 54.3 Å². The summed E-state index contributed by atoms with van der Waals surface area (Å²) < 4.78 is 127. The van der Waals surface area contributed by atoms with E-state index in [1.807, 2.05) is 16.7 Å². The van der Waals surface area contributed by atoms with Crippen LogP contribution in [-0.4, -0.2) is 49.7 Å². The molecule has 0 radical (unpaired) electrons. The van der Waals surface area contributed by atoms with Crippen molar-refractivity contribution in [1.29, 1.82) is 0 Å². The number of fused-ring (bicyclic) bond motifs is 1. The van der Waals surface area contributed by atoms with E-state index in [1.165, 1.54) is 6.20 Å². The Bertz CT molecular complexity index is 1460. The second-order valence-electron chi connectivity index (χ2n) is 9.58. The molecule has 1 aromatic heterocycles. The second-order valence-corrected chi connectivity index (χ2v) is 11.6. The van der Waals surface area contributed by atoms with Crippen molar-refractivity contribution >= 4 is 20.9 Å². The van der Waals surface area contributed by atoms with Gasteiger partial charge in [-0.05, 0) is 49.7 Å². The molecule has 200 valence electrons. The molecule has 5 nitrogen and oxygen atoms in total. The number of halogens is 7. The van der Waals surface area contributed by atoms with Gasteiger partial charge < -0.3 is 9.47 Å². The average Bonchev–Trinajstić information content (AvgIpc) is 3.58. The van der Waals surface area contributed by atoms with Crippen molar-refractivity contribution in [3.05, 3.63) is 59.3 Å². The zero-order chi connectivity index (χ0) is 26.9. The summed E-state index contributed by atoms with van der Waals surface area (Å²) in [6.07, 6.45) is -6.15. The molecular formula is C24H22F7N3O2S. The Labute approximate surface area is 207 Å². The number of likely N-dealkylation sites (tertiary alicyclic amines) is 1. The van der Waals surface area contributed by atoms with E-state index in [9.17, 15) is 34.8 Å². The highest BCUT2D eigenvalue weighted by atomic mass is 32.2. The van der Waals surface area contributed by atoms with Gasteiger partial charge in [0.25, 0.3) is 6.43 Å². The molecule has 1 N–H and O–H groups in total. The molecule has 37 heavy (non-hydrogen) atoms. The molecule has 1 saturated carbocycles. The van der Waals surface area contributed by atoms with Crippen molar-refractivity contribution in [2.75, 3.05) is 20.1 Å². The second kappa shape index (κ2) is 8.98. The largest absolute Gasteiger partial charge is 0.417 e. The Morgan fingerprint density at radius 1 is 1.03 bits per heavy atom. The number of benzene rings is 2. The molecule has 0 amide bonds. The summed E-state index contributed by atoms with van der Waals surface area (Å²) >= 11 is 0. The van der Waals surface area contributed by atoms with Gasteiger partial charge in [-0.3, -0.25) is 0 Å². The monoisotopic (exact) mass is 549 g/mol. The van der Waals surface area contributed by atoms with E-state index in [1.54, 1.807) is 4.57 Å². The maximum absolute atomic E-state index is 15.4. The van der Waals surface area contributed by atoms with Crippen LogP contribution in [-0.2, 0) is 16.2 Å². The lowest BCUT2D eigenvalue weighted by atomic mass is 9.96. The van der Waals surface area contributed by atoms with Gasteiger partial charge >= 0.3 is 6.18 Å². The molecule has 3 aromatic rings. The number of aromatic nitrogens is 1. The highest BCUT2D eigenvalue weighted by Crippen LogP contribution is 2.42. The molecule has 13 heteroatoms. The molecule has 2 fully saturated rings. The van der Waals surface area contributed by atoms with E-state index in [4.69, 9.17) is 0 Å². The Morgan fingerprint density at radius 2 is 1.70 bits per heavy atom. The van der Waals surface area contributed by atoms with Crippen LogP contribution in [0.4, 0.5) is 30.7 Å². The van der Waals surface area contributed by atoms with Crippen molar-refractivity contribution in [3.8, 4) is 11.1 Å². The smallest absolute Gasteiger partial charge is 0.341 e. The summed E-state index contributed by atoms with van der Waals surface area (Å²) in [7, 11) is -2.24. The molecule has 1 aliphatic carbocycles. The Kier molecular flexibility index (Phi) is 6.31. The first-order valence-corrected chi connectivity index (χ1v) is 13.0. The van der Waals surface area contributed by atoms with Crippen molar-refractivity contribution < 1.29 is 39.2 Å². The SMILES string of the molecule is CN1CC(n2cc([C@H](NS(=O)(=O)C3CC3)C(F)F)c3cc(F)c(-c4ccc(F)cc4C(F)(F)F)cc32)C1. The lowest BCUT2D eigenvalue weighted by Gasteiger charge is -2.37. The zero-order valence-corrected chi connectivity index (χ0v) is 20.2. The Morgan fingerprint density at radius 3 is 2.27 bits per heavy atom. The molecule has 1 aliphatic heterocycles. The van der Waals surface area contributed by atoms with Gasteiger partial charge in [-0.15, -0.1) is 0 Å². The van der Waals surface area contributed by atoms with E-state index >= 15 is 4.39 Å². The van der Waals surface area contributed by atoms with Crippen LogP contribution in [0.1, 0.15) is 36.1 Å². The summed E-state index contributed by atoms with van der Waals surface area (Å²) in [4.78, 5) is 1.92. The van der Waals surface area contributed by atoms with Crippen molar-refractivity contribution in [1.82, 2.24) is 14.2 Å². The zero-order valence-electron chi connectivity index (χ0n) is 19.4. The van der Waals surface area contributed by atoms with Crippen molar-refractivity contribution in [3.63, 3.8) is 0 Å². The molecular weight excluding hydrogens is 527 g/mol. The first-order chi connectivity index (χ1) is 17.3. The molecule has 2 aromatic carbocycles. The van der Waals surface area contributed by atoms with Gasteiger partial charge in [-0.25, -0.2) is 30.7 Å². The molecule has 1 saturated heterocycles. The number of rotatable bonds is 7. The maximum atomic E-state index is 15.4. The van der Waals surface area contributed by atoms with Crippen LogP contribution in [0, 0.1) is 11.6 Å². The normalized spacial score (nSPS) is 18.5. The van der Waals surface area contributed by atoms with E-state index in [2.05, 4.69) is 0 Å². The van der Waals surface area contributed by atoms with Gasteiger partial charge in [-0.1, -0.05) is 6.07 Å². The average molecular weight is 550 g/mol. The third-order valence-electron chi connectivity index (χ3n) is 6.81. The predicted molar refractivity (Wildman–Crippen MR) is 123 cm³/mol. The number of likely N-dealkylation sites (N-methyl/N-ethyl adjacent to an activating group) is 1. The van der Waals surface area contributed by atoms with Crippen LogP contribution in [0.2, 0.25) is 0 Å². The summed E-state index contributed by atoms with van der Waals surface area (Å²) in [5.74, 6) is -2.30. The minimum absolute atomic E-state index is 0.0460. The predicted octanol–water partition coefficient (Wildman–Crippen LogP) is 5.48. The summed E-state index contributed by atoms with van der Waals surface area (Å²) in [5, 5.41) is -0.819. The first kappa shape index (κ1) is 26.0. The standard InChI is InChI=1S/C24H22F7N3O2S/c1-33-9-13(10-33)34-11-18(22(23(27)28)32-37(35,36)14-3-4-14)17-7-20(26)16(8-21(17)34)15-5-2-12(25)6-19(15)24(29,30)31/h2,5-8,11,13-14,22-23,32H,3-4,9-10H2,1H3/t22-/m0/s1. The molecule has 0 spiro atoms. The van der Waals surface area contributed by atoms with Crippen molar-refractivity contribution in [2.24, 2.45) is 0 Å². The van der Waals surface area contributed by atoms with Gasteiger partial charge in [0.1, 0.15) is 17.7 Å². The fraction of sp³-hybridized carbons (Fsp3) is 0.417. The van der Waals surface area contributed by atoms with Crippen LogP contribution >= 0.6 is 0 Å². The molecule has 0 unspecified atom stereocenters. The third-order valence-corrected chi connectivity index (χ3v) is 8.74. The maximum Gasteiger partial charge on any atom is 0.417 e. The fourth-order valence-corrected chi connectivity index (χ4v) is 6.31. The molecule has 5 rings (SSSR count). The number of nitrogens with one attached hydrogen (secondary N) is 1. The molecule has 0 bridgehead atoms. The number of hydrogen-bond acceptors (Lipinski definition) is 3. The minimum Gasteiger partial charge on any atom is -0.341 e. The lowest BCUT2D eigenvalue weighted by Crippen LogP contribution is -2.44. The van der Waals surface area contributed by atoms with Gasteiger partial charge in [0.05, 0.1) is 16.9 Å². The number of hydrogen-bond donors (Lipinski definition) is 1. The number of sulfonamides is 1. The molecule has 2 aliphatic rings. The van der Waals surface area contributed by atoms with Gasteiger partial charge in [0.15, 0.2) is 0 Å². The molecule has 1 atom stereocenters. The van der Waals surface area contributed by atoms with Gasteiger partial charge in [0, 0.05) is 41.3 Å². The number of alkyl halides is 5. The van der Waals surface area contributed by atoms with Crippen molar-refractivity contribution in [2.45, 2.75) is 42.8 Å². The van der Waals surface area contributed by atoms with E-state index < -0.39 is 62.2 Å². The quantitative estimate of drug-likeness (QED) is 0.398. The summed E-state index contributed by atoms with van der Waals surface area (Å²) in [6.45, 7) is 0.987. The molecule has 2 heterocycles. The van der Waals surface area contributed by atoms with Crippen LogP contribution in [0.5, 0.6) is 0 Å². The minimum atomic E-state index is -4.98. The highest BCUT2D eigenvalue weighted by molar-refractivity contribution is 7.90. The van der Waals surface area contributed by atoms with E-state index in [0.717, 1.165) is 24.3 Å². The summed E-state index contributed by atoms with van der Waals surface area (Å²) in [6, 6.07) is 1.58.